The third-order valence-electron chi connectivity index (χ3n) is 2.99. The van der Waals surface area contributed by atoms with Gasteiger partial charge in [0.1, 0.15) is 0 Å². The molecule has 3 nitrogen and oxygen atoms in total. The second-order valence-electron chi connectivity index (χ2n) is 4.25. The summed E-state index contributed by atoms with van der Waals surface area (Å²) in [6, 6.07) is 8.01. The fourth-order valence-electron chi connectivity index (χ4n) is 2.05. The highest BCUT2D eigenvalue weighted by atomic mass is 16.5. The maximum atomic E-state index is 10.4. The fraction of sp³-hybridized carbons (Fsp3) is 0.357. The molecule has 1 aliphatic rings. The van der Waals surface area contributed by atoms with Crippen molar-refractivity contribution in [1.29, 1.82) is 0 Å². The van der Waals surface area contributed by atoms with Crippen LogP contribution in [0.3, 0.4) is 0 Å². The molecule has 1 aromatic rings. The Labute approximate surface area is 101 Å². The van der Waals surface area contributed by atoms with Crippen molar-refractivity contribution >= 4 is 12.0 Å². The van der Waals surface area contributed by atoms with Gasteiger partial charge in [-0.1, -0.05) is 24.3 Å². The summed E-state index contributed by atoms with van der Waals surface area (Å²) in [4.78, 5) is 10.4. The molecular formula is C14H16O3. The van der Waals surface area contributed by atoms with Crippen LogP contribution in [-0.2, 0) is 9.53 Å². The van der Waals surface area contributed by atoms with Gasteiger partial charge < -0.3 is 9.84 Å². The summed E-state index contributed by atoms with van der Waals surface area (Å²) in [5, 5.41) is 8.53. The zero-order chi connectivity index (χ0) is 12.1. The summed E-state index contributed by atoms with van der Waals surface area (Å²) in [5.41, 5.74) is 2.19. The van der Waals surface area contributed by atoms with Crippen LogP contribution < -0.4 is 0 Å². The highest BCUT2D eigenvalue weighted by molar-refractivity contribution is 5.85. The Hall–Kier alpha value is -1.61. The highest BCUT2D eigenvalue weighted by Crippen LogP contribution is 2.25. The molecule has 1 atom stereocenters. The molecule has 2 rings (SSSR count). The zero-order valence-corrected chi connectivity index (χ0v) is 9.63. The smallest absolute Gasteiger partial charge is 0.328 e. The van der Waals surface area contributed by atoms with Crippen molar-refractivity contribution in [3.05, 3.63) is 41.5 Å². The van der Waals surface area contributed by atoms with E-state index < -0.39 is 5.97 Å². The lowest BCUT2D eigenvalue weighted by Crippen LogP contribution is -2.15. The average Bonchev–Trinajstić information content (AvgIpc) is 2.38. The molecule has 0 radical (unpaired) electrons. The van der Waals surface area contributed by atoms with Crippen molar-refractivity contribution < 1.29 is 14.6 Å². The van der Waals surface area contributed by atoms with Crippen molar-refractivity contribution in [2.45, 2.75) is 18.8 Å². The van der Waals surface area contributed by atoms with E-state index in [1.165, 1.54) is 12.0 Å². The first-order chi connectivity index (χ1) is 8.25. The summed E-state index contributed by atoms with van der Waals surface area (Å²) in [5.74, 6) is -0.434. The van der Waals surface area contributed by atoms with E-state index in [0.717, 1.165) is 31.3 Å². The van der Waals surface area contributed by atoms with Crippen molar-refractivity contribution in [2.75, 3.05) is 13.2 Å². The number of hydrogen-bond donors (Lipinski definition) is 1. The third kappa shape index (κ3) is 3.43. The van der Waals surface area contributed by atoms with E-state index in [0.29, 0.717) is 5.92 Å². The lowest BCUT2D eigenvalue weighted by atomic mass is 9.93. The van der Waals surface area contributed by atoms with Crippen LogP contribution in [0.15, 0.2) is 30.3 Å². The Balaban J connectivity index is 2.04. The molecule has 1 fully saturated rings. The molecule has 1 unspecified atom stereocenters. The minimum Gasteiger partial charge on any atom is -0.478 e. The van der Waals surface area contributed by atoms with Gasteiger partial charge in [0.05, 0.1) is 6.61 Å². The van der Waals surface area contributed by atoms with Crippen molar-refractivity contribution in [3.8, 4) is 0 Å². The molecule has 0 aromatic heterocycles. The standard InChI is InChI=1S/C14H16O3/c15-14(16)8-5-11-3-6-12(7-4-11)13-2-1-9-17-10-13/h3-8,13H,1-2,9-10H2,(H,15,16)/b8-5+. The molecule has 0 bridgehead atoms. The average molecular weight is 232 g/mol. The number of benzene rings is 1. The SMILES string of the molecule is O=C(O)/C=C/c1ccc(C2CCCOC2)cc1. The topological polar surface area (TPSA) is 46.5 Å². The van der Waals surface area contributed by atoms with E-state index in [2.05, 4.69) is 12.1 Å². The molecule has 0 aliphatic carbocycles. The molecule has 1 saturated heterocycles. The number of aliphatic carboxylic acids is 1. The van der Waals surface area contributed by atoms with Gasteiger partial charge in [-0.3, -0.25) is 0 Å². The van der Waals surface area contributed by atoms with Crippen LogP contribution in [0.1, 0.15) is 29.9 Å². The monoisotopic (exact) mass is 232 g/mol. The van der Waals surface area contributed by atoms with Gasteiger partial charge in [-0.25, -0.2) is 4.79 Å². The number of carbonyl (C=O) groups is 1. The third-order valence-corrected chi connectivity index (χ3v) is 2.99. The second kappa shape index (κ2) is 5.64. The van der Waals surface area contributed by atoms with E-state index >= 15 is 0 Å². The molecular weight excluding hydrogens is 216 g/mol. The molecule has 1 aromatic carbocycles. The maximum absolute atomic E-state index is 10.4. The van der Waals surface area contributed by atoms with Crippen LogP contribution >= 0.6 is 0 Å². The van der Waals surface area contributed by atoms with Gasteiger partial charge in [0.25, 0.3) is 0 Å². The predicted octanol–water partition coefficient (Wildman–Crippen LogP) is 2.68. The predicted molar refractivity (Wildman–Crippen MR) is 65.9 cm³/mol. The van der Waals surface area contributed by atoms with Gasteiger partial charge in [-0.2, -0.15) is 0 Å². The molecule has 1 N–H and O–H groups in total. The number of hydrogen-bond acceptors (Lipinski definition) is 2. The molecule has 0 saturated carbocycles. The quantitative estimate of drug-likeness (QED) is 0.815. The zero-order valence-electron chi connectivity index (χ0n) is 9.63. The number of ether oxygens (including phenoxy) is 1. The van der Waals surface area contributed by atoms with Gasteiger partial charge in [-0.05, 0) is 30.0 Å². The number of carboxylic acids is 1. The Morgan fingerprint density at radius 1 is 1.35 bits per heavy atom. The van der Waals surface area contributed by atoms with E-state index in [9.17, 15) is 4.79 Å². The van der Waals surface area contributed by atoms with Crippen molar-refractivity contribution in [3.63, 3.8) is 0 Å². The lowest BCUT2D eigenvalue weighted by Gasteiger charge is -2.22. The normalized spacial score (nSPS) is 20.6. The van der Waals surface area contributed by atoms with Gasteiger partial charge in [-0.15, -0.1) is 0 Å². The van der Waals surface area contributed by atoms with Crippen molar-refractivity contribution in [1.82, 2.24) is 0 Å². The minimum atomic E-state index is -0.922. The largest absolute Gasteiger partial charge is 0.478 e. The van der Waals surface area contributed by atoms with Crippen LogP contribution in [0, 0.1) is 0 Å². The van der Waals surface area contributed by atoms with Crippen LogP contribution in [0.5, 0.6) is 0 Å². The summed E-state index contributed by atoms with van der Waals surface area (Å²) in [6.45, 7) is 1.67. The molecule has 0 spiro atoms. The van der Waals surface area contributed by atoms with E-state index in [4.69, 9.17) is 9.84 Å². The first-order valence-corrected chi connectivity index (χ1v) is 5.84. The Bertz CT molecular complexity index is 400. The lowest BCUT2D eigenvalue weighted by molar-refractivity contribution is -0.131. The van der Waals surface area contributed by atoms with Crippen LogP contribution in [0.25, 0.3) is 6.08 Å². The molecule has 17 heavy (non-hydrogen) atoms. The van der Waals surface area contributed by atoms with Crippen LogP contribution in [-0.4, -0.2) is 24.3 Å². The number of carboxylic acid groups (broad SMARTS) is 1. The summed E-state index contributed by atoms with van der Waals surface area (Å²) >= 11 is 0. The fourth-order valence-corrected chi connectivity index (χ4v) is 2.05. The van der Waals surface area contributed by atoms with Crippen molar-refractivity contribution in [2.24, 2.45) is 0 Å². The van der Waals surface area contributed by atoms with E-state index in [1.54, 1.807) is 6.08 Å². The van der Waals surface area contributed by atoms with Gasteiger partial charge >= 0.3 is 5.97 Å². The van der Waals surface area contributed by atoms with Crippen LogP contribution in [0.4, 0.5) is 0 Å². The molecule has 3 heteroatoms. The molecule has 90 valence electrons. The summed E-state index contributed by atoms with van der Waals surface area (Å²) in [6.07, 6.45) is 5.04. The van der Waals surface area contributed by atoms with Crippen LogP contribution in [0.2, 0.25) is 0 Å². The minimum absolute atomic E-state index is 0.487. The Morgan fingerprint density at radius 3 is 2.71 bits per heavy atom. The Kier molecular flexibility index (Phi) is 3.94. The first-order valence-electron chi connectivity index (χ1n) is 5.84. The van der Waals surface area contributed by atoms with Gasteiger partial charge in [0, 0.05) is 18.6 Å². The Morgan fingerprint density at radius 2 is 2.12 bits per heavy atom. The van der Waals surface area contributed by atoms with E-state index in [1.807, 2.05) is 12.1 Å². The number of rotatable bonds is 3. The first kappa shape index (κ1) is 11.9. The molecule has 0 amide bonds. The summed E-state index contributed by atoms with van der Waals surface area (Å²) in [7, 11) is 0. The molecule has 1 heterocycles. The molecule has 1 aliphatic heterocycles. The van der Waals surface area contributed by atoms with E-state index in [-0.39, 0.29) is 0 Å². The highest BCUT2D eigenvalue weighted by Gasteiger charge is 2.15. The van der Waals surface area contributed by atoms with Gasteiger partial charge in [0.2, 0.25) is 0 Å². The maximum Gasteiger partial charge on any atom is 0.328 e. The second-order valence-corrected chi connectivity index (χ2v) is 4.25. The van der Waals surface area contributed by atoms with Gasteiger partial charge in [0.15, 0.2) is 0 Å². The summed E-state index contributed by atoms with van der Waals surface area (Å²) < 4.78 is 5.45.